The molecule has 16 heavy (non-hydrogen) atoms. The molecule has 0 radical (unpaired) electrons. The Balaban J connectivity index is 2.29. The second kappa shape index (κ2) is 4.15. The summed E-state index contributed by atoms with van der Waals surface area (Å²) in [4.78, 5) is 0. The van der Waals surface area contributed by atoms with Gasteiger partial charge in [0, 0.05) is 32.7 Å². The Hall–Kier alpha value is -0.920. The monoisotopic (exact) mass is 244 g/mol. The molecule has 0 saturated carbocycles. The van der Waals surface area contributed by atoms with Crippen LogP contribution in [-0.2, 0) is 17.1 Å². The summed E-state index contributed by atoms with van der Waals surface area (Å²) in [7, 11) is -1.75. The minimum Gasteiger partial charge on any atom is -0.312 e. The lowest BCUT2D eigenvalue weighted by molar-refractivity contribution is 0.308. The molecule has 0 bridgehead atoms. The molecule has 1 aromatic rings. The predicted octanol–water partition coefficient (Wildman–Crippen LogP) is -0.597. The molecule has 1 atom stereocenters. The number of sulfonamides is 1. The summed E-state index contributed by atoms with van der Waals surface area (Å²) in [6, 6.07) is 1.72. The highest BCUT2D eigenvalue weighted by Gasteiger charge is 2.30. The van der Waals surface area contributed by atoms with Crippen molar-refractivity contribution in [3.8, 4) is 0 Å². The zero-order valence-corrected chi connectivity index (χ0v) is 10.2. The molecule has 1 saturated heterocycles. The van der Waals surface area contributed by atoms with Gasteiger partial charge in [-0.2, -0.15) is 9.40 Å². The average Bonchev–Trinajstić information content (AvgIpc) is 2.65. The van der Waals surface area contributed by atoms with Crippen molar-refractivity contribution in [2.45, 2.75) is 18.0 Å². The van der Waals surface area contributed by atoms with Gasteiger partial charge in [-0.25, -0.2) is 8.42 Å². The number of hydrogen-bond donors (Lipinski definition) is 1. The van der Waals surface area contributed by atoms with E-state index >= 15 is 0 Å². The molecule has 1 aliphatic rings. The highest BCUT2D eigenvalue weighted by atomic mass is 32.2. The summed E-state index contributed by atoms with van der Waals surface area (Å²) in [5, 5.41) is 7.36. The summed E-state index contributed by atoms with van der Waals surface area (Å²) in [6.07, 6.45) is 1.50. The third-order valence-corrected chi connectivity index (χ3v) is 4.65. The lowest BCUT2D eigenvalue weighted by atomic mass is 10.3. The lowest BCUT2D eigenvalue weighted by Crippen LogP contribution is -2.51. The van der Waals surface area contributed by atoms with Crippen LogP contribution in [0.25, 0.3) is 0 Å². The first-order valence-electron chi connectivity index (χ1n) is 5.23. The van der Waals surface area contributed by atoms with Crippen molar-refractivity contribution in [1.29, 1.82) is 0 Å². The van der Waals surface area contributed by atoms with Crippen LogP contribution in [0, 0.1) is 0 Å². The first-order valence-corrected chi connectivity index (χ1v) is 6.67. The molecule has 1 fully saturated rings. The van der Waals surface area contributed by atoms with Crippen molar-refractivity contribution < 1.29 is 8.42 Å². The minimum absolute atomic E-state index is 0.191. The zero-order chi connectivity index (χ0) is 11.8. The van der Waals surface area contributed by atoms with Gasteiger partial charge in [-0.1, -0.05) is 0 Å². The normalized spacial score (nSPS) is 23.5. The molecule has 1 N–H and O–H groups in total. The van der Waals surface area contributed by atoms with Gasteiger partial charge >= 0.3 is 0 Å². The molecule has 0 spiro atoms. The van der Waals surface area contributed by atoms with Crippen LogP contribution in [0.15, 0.2) is 17.3 Å². The van der Waals surface area contributed by atoms with E-state index in [9.17, 15) is 8.42 Å². The summed E-state index contributed by atoms with van der Waals surface area (Å²) >= 11 is 0. The summed E-state index contributed by atoms with van der Waals surface area (Å²) in [6.45, 7) is 3.69. The Morgan fingerprint density at radius 1 is 1.56 bits per heavy atom. The fraction of sp³-hybridized carbons (Fsp3) is 0.667. The zero-order valence-electron chi connectivity index (χ0n) is 9.42. The Morgan fingerprint density at radius 2 is 2.31 bits per heavy atom. The molecule has 2 heterocycles. The average molecular weight is 244 g/mol. The Kier molecular flexibility index (Phi) is 3.00. The largest absolute Gasteiger partial charge is 0.312 e. The lowest BCUT2D eigenvalue weighted by Gasteiger charge is -2.30. The molecule has 0 unspecified atom stereocenters. The second-order valence-electron chi connectivity index (χ2n) is 4.01. The maximum absolute atomic E-state index is 12.3. The predicted molar refractivity (Wildman–Crippen MR) is 59.4 cm³/mol. The molecule has 1 aromatic heterocycles. The number of piperazine rings is 1. The molecule has 2 rings (SSSR count). The SMILES string of the molecule is C[C@H]1CN(S(=O)(=O)c2ccnn2C)CCN1. The van der Waals surface area contributed by atoms with Gasteiger partial charge in [0.1, 0.15) is 0 Å². The maximum Gasteiger partial charge on any atom is 0.260 e. The number of nitrogens with one attached hydrogen (secondary N) is 1. The number of nitrogens with zero attached hydrogens (tertiary/aromatic N) is 3. The molecule has 7 heteroatoms. The van der Waals surface area contributed by atoms with E-state index in [1.54, 1.807) is 7.05 Å². The molecule has 1 aliphatic heterocycles. The first kappa shape index (κ1) is 11.6. The number of rotatable bonds is 2. The Morgan fingerprint density at radius 3 is 2.88 bits per heavy atom. The molecule has 0 aromatic carbocycles. The highest BCUT2D eigenvalue weighted by molar-refractivity contribution is 7.89. The van der Waals surface area contributed by atoms with E-state index < -0.39 is 10.0 Å². The summed E-state index contributed by atoms with van der Waals surface area (Å²) in [5.41, 5.74) is 0. The van der Waals surface area contributed by atoms with Gasteiger partial charge in [-0.3, -0.25) is 4.68 Å². The van der Waals surface area contributed by atoms with Gasteiger partial charge in [0.15, 0.2) is 5.03 Å². The summed E-state index contributed by atoms with van der Waals surface area (Å²) in [5.74, 6) is 0. The Labute approximate surface area is 95.3 Å². The van der Waals surface area contributed by atoms with Crippen molar-refractivity contribution in [3.05, 3.63) is 12.3 Å². The van der Waals surface area contributed by atoms with Gasteiger partial charge in [0.25, 0.3) is 10.0 Å². The van der Waals surface area contributed by atoms with Gasteiger partial charge in [-0.15, -0.1) is 0 Å². The third-order valence-electron chi connectivity index (χ3n) is 2.71. The van der Waals surface area contributed by atoms with E-state index in [-0.39, 0.29) is 11.1 Å². The molecule has 0 aliphatic carbocycles. The van der Waals surface area contributed by atoms with E-state index in [4.69, 9.17) is 0 Å². The molecule has 90 valence electrons. The highest BCUT2D eigenvalue weighted by Crippen LogP contribution is 2.15. The van der Waals surface area contributed by atoms with E-state index in [1.807, 2.05) is 6.92 Å². The van der Waals surface area contributed by atoms with Crippen LogP contribution in [-0.4, -0.2) is 48.2 Å². The minimum atomic E-state index is -3.39. The van der Waals surface area contributed by atoms with E-state index in [0.717, 1.165) is 0 Å². The van der Waals surface area contributed by atoms with Gasteiger partial charge in [0.05, 0.1) is 6.20 Å². The van der Waals surface area contributed by atoms with E-state index in [1.165, 1.54) is 21.3 Å². The molecular formula is C9H16N4O2S. The van der Waals surface area contributed by atoms with Crippen LogP contribution in [0.4, 0.5) is 0 Å². The van der Waals surface area contributed by atoms with Crippen molar-refractivity contribution in [2.75, 3.05) is 19.6 Å². The topological polar surface area (TPSA) is 67.2 Å². The van der Waals surface area contributed by atoms with Crippen LogP contribution in [0.1, 0.15) is 6.92 Å². The van der Waals surface area contributed by atoms with Crippen molar-refractivity contribution in [2.24, 2.45) is 7.05 Å². The van der Waals surface area contributed by atoms with Crippen LogP contribution in [0.3, 0.4) is 0 Å². The first-order chi connectivity index (χ1) is 7.51. The standard InChI is InChI=1S/C9H16N4O2S/c1-8-7-13(6-5-10-8)16(14,15)9-3-4-11-12(9)2/h3-4,8,10H,5-7H2,1-2H3/t8-/m0/s1. The van der Waals surface area contributed by atoms with Crippen LogP contribution < -0.4 is 5.32 Å². The molecule has 0 amide bonds. The summed E-state index contributed by atoms with van der Waals surface area (Å²) < 4.78 is 27.4. The third kappa shape index (κ3) is 1.98. The molecular weight excluding hydrogens is 228 g/mol. The number of hydrogen-bond acceptors (Lipinski definition) is 4. The van der Waals surface area contributed by atoms with Gasteiger partial charge in [-0.05, 0) is 13.0 Å². The number of aromatic nitrogens is 2. The van der Waals surface area contributed by atoms with Crippen molar-refractivity contribution >= 4 is 10.0 Å². The van der Waals surface area contributed by atoms with E-state index in [0.29, 0.717) is 19.6 Å². The number of aryl methyl sites for hydroxylation is 1. The second-order valence-corrected chi connectivity index (χ2v) is 5.90. The fourth-order valence-corrected chi connectivity index (χ4v) is 3.49. The molecule has 6 nitrogen and oxygen atoms in total. The fourth-order valence-electron chi connectivity index (χ4n) is 1.86. The van der Waals surface area contributed by atoms with E-state index in [2.05, 4.69) is 10.4 Å². The smallest absolute Gasteiger partial charge is 0.260 e. The maximum atomic E-state index is 12.3. The van der Waals surface area contributed by atoms with Gasteiger partial charge < -0.3 is 5.32 Å². The van der Waals surface area contributed by atoms with Crippen LogP contribution >= 0.6 is 0 Å². The van der Waals surface area contributed by atoms with Crippen molar-refractivity contribution in [3.63, 3.8) is 0 Å². The Bertz CT molecular complexity index is 468. The van der Waals surface area contributed by atoms with Crippen LogP contribution in [0.5, 0.6) is 0 Å². The van der Waals surface area contributed by atoms with Crippen LogP contribution in [0.2, 0.25) is 0 Å². The van der Waals surface area contributed by atoms with Gasteiger partial charge in [0.2, 0.25) is 0 Å². The van der Waals surface area contributed by atoms with Crippen molar-refractivity contribution in [1.82, 2.24) is 19.4 Å². The quantitative estimate of drug-likeness (QED) is 0.754.